The molecular formula is C17H18N6O. The number of hydrogen-bond donors (Lipinski definition) is 2. The summed E-state index contributed by atoms with van der Waals surface area (Å²) in [6, 6.07) is 7.43. The second kappa shape index (κ2) is 7.36. The first-order valence-electron chi connectivity index (χ1n) is 7.55. The lowest BCUT2D eigenvalue weighted by Crippen LogP contribution is -2.34. The number of nitrogens with one attached hydrogen (secondary N) is 2. The summed E-state index contributed by atoms with van der Waals surface area (Å²) in [4.78, 5) is 20.1. The molecule has 0 aliphatic heterocycles. The molecule has 0 spiro atoms. The Morgan fingerprint density at radius 3 is 2.54 bits per heavy atom. The minimum atomic E-state index is -0.232. The van der Waals surface area contributed by atoms with Crippen LogP contribution in [0.3, 0.4) is 0 Å². The van der Waals surface area contributed by atoms with E-state index in [1.165, 1.54) is 0 Å². The summed E-state index contributed by atoms with van der Waals surface area (Å²) in [5, 5.41) is 9.77. The molecule has 0 aromatic carbocycles. The molecule has 122 valence electrons. The highest BCUT2D eigenvalue weighted by Crippen LogP contribution is 2.17. The number of carbonyl (C=O) groups is 1. The molecule has 0 bridgehead atoms. The van der Waals surface area contributed by atoms with Crippen LogP contribution in [0.2, 0.25) is 0 Å². The molecule has 0 saturated carbocycles. The quantitative estimate of drug-likeness (QED) is 0.751. The number of nitrogens with zero attached hydrogens (tertiary/aromatic N) is 4. The van der Waals surface area contributed by atoms with Gasteiger partial charge in [-0.2, -0.15) is 5.10 Å². The third kappa shape index (κ3) is 3.95. The Kier molecular flexibility index (Phi) is 4.81. The van der Waals surface area contributed by atoms with Crippen molar-refractivity contribution in [2.24, 2.45) is 7.05 Å². The van der Waals surface area contributed by atoms with Gasteiger partial charge >= 0.3 is 6.03 Å². The molecule has 3 rings (SSSR count). The van der Waals surface area contributed by atoms with Crippen LogP contribution in [0, 0.1) is 0 Å². The summed E-state index contributed by atoms with van der Waals surface area (Å²) < 4.78 is 1.79. The minimum absolute atomic E-state index is 0.232. The first-order chi connectivity index (χ1) is 11.7. The number of rotatable bonds is 5. The number of urea groups is 1. The van der Waals surface area contributed by atoms with Crippen LogP contribution in [0.4, 0.5) is 4.79 Å². The SMILES string of the molecule is Cn1nccc1-c1cncc(CNC(=O)NCc2cccnc2)c1. The molecule has 0 radical (unpaired) electrons. The van der Waals surface area contributed by atoms with Crippen LogP contribution in [-0.2, 0) is 20.1 Å². The summed E-state index contributed by atoms with van der Waals surface area (Å²) in [5.41, 5.74) is 3.81. The van der Waals surface area contributed by atoms with E-state index >= 15 is 0 Å². The highest BCUT2D eigenvalue weighted by molar-refractivity contribution is 5.73. The topological polar surface area (TPSA) is 84.7 Å². The maximum absolute atomic E-state index is 11.9. The monoisotopic (exact) mass is 322 g/mol. The Balaban J connectivity index is 1.55. The first-order valence-corrected chi connectivity index (χ1v) is 7.55. The molecule has 3 aromatic heterocycles. The van der Waals surface area contributed by atoms with Gasteiger partial charge in [-0.25, -0.2) is 4.79 Å². The van der Waals surface area contributed by atoms with Crippen molar-refractivity contribution in [2.45, 2.75) is 13.1 Å². The Bertz CT molecular complexity index is 815. The maximum Gasteiger partial charge on any atom is 0.315 e. The Labute approximate surface area is 139 Å². The smallest absolute Gasteiger partial charge is 0.315 e. The molecule has 0 unspecified atom stereocenters. The van der Waals surface area contributed by atoms with Crippen molar-refractivity contribution in [2.75, 3.05) is 0 Å². The highest BCUT2D eigenvalue weighted by Gasteiger charge is 2.05. The van der Waals surface area contributed by atoms with E-state index in [-0.39, 0.29) is 6.03 Å². The number of hydrogen-bond acceptors (Lipinski definition) is 4. The fraction of sp³-hybridized carbons (Fsp3) is 0.176. The molecule has 2 amide bonds. The average molecular weight is 322 g/mol. The van der Waals surface area contributed by atoms with Crippen LogP contribution in [-0.4, -0.2) is 25.8 Å². The second-order valence-electron chi connectivity index (χ2n) is 5.32. The number of aryl methyl sites for hydroxylation is 1. The lowest BCUT2D eigenvalue weighted by molar-refractivity contribution is 0.240. The summed E-state index contributed by atoms with van der Waals surface area (Å²) >= 11 is 0. The van der Waals surface area contributed by atoms with Crippen LogP contribution < -0.4 is 10.6 Å². The Morgan fingerprint density at radius 2 is 1.83 bits per heavy atom. The van der Waals surface area contributed by atoms with E-state index in [9.17, 15) is 4.79 Å². The van der Waals surface area contributed by atoms with E-state index < -0.39 is 0 Å². The van der Waals surface area contributed by atoms with Gasteiger partial charge in [0.05, 0.1) is 5.69 Å². The van der Waals surface area contributed by atoms with E-state index in [1.54, 1.807) is 35.7 Å². The van der Waals surface area contributed by atoms with Crippen molar-refractivity contribution in [3.05, 3.63) is 66.4 Å². The lowest BCUT2D eigenvalue weighted by atomic mass is 10.1. The first kappa shape index (κ1) is 15.7. The number of amides is 2. The molecular weight excluding hydrogens is 304 g/mol. The van der Waals surface area contributed by atoms with Gasteiger partial charge < -0.3 is 10.6 Å². The number of pyridine rings is 2. The van der Waals surface area contributed by atoms with Crippen molar-refractivity contribution >= 4 is 6.03 Å². The van der Waals surface area contributed by atoms with Crippen LogP contribution >= 0.6 is 0 Å². The van der Waals surface area contributed by atoms with E-state index in [2.05, 4.69) is 25.7 Å². The van der Waals surface area contributed by atoms with Crippen LogP contribution in [0.5, 0.6) is 0 Å². The summed E-state index contributed by atoms with van der Waals surface area (Å²) in [6.07, 6.45) is 8.68. The normalized spacial score (nSPS) is 10.4. The number of carbonyl (C=O) groups excluding carboxylic acids is 1. The molecule has 2 N–H and O–H groups in total. The van der Waals surface area contributed by atoms with E-state index in [4.69, 9.17) is 0 Å². The largest absolute Gasteiger partial charge is 0.334 e. The predicted octanol–water partition coefficient (Wildman–Crippen LogP) is 1.88. The van der Waals surface area contributed by atoms with Crippen LogP contribution in [0.15, 0.2) is 55.2 Å². The zero-order valence-corrected chi connectivity index (χ0v) is 13.3. The predicted molar refractivity (Wildman–Crippen MR) is 89.8 cm³/mol. The molecule has 0 aliphatic rings. The molecule has 0 aliphatic carbocycles. The molecule has 3 aromatic rings. The minimum Gasteiger partial charge on any atom is -0.334 e. The molecule has 7 heteroatoms. The zero-order chi connectivity index (χ0) is 16.8. The van der Waals surface area contributed by atoms with Gasteiger partial charge in [0.2, 0.25) is 0 Å². The maximum atomic E-state index is 11.9. The average Bonchev–Trinajstić information content (AvgIpc) is 3.05. The molecule has 7 nitrogen and oxygen atoms in total. The highest BCUT2D eigenvalue weighted by atomic mass is 16.2. The lowest BCUT2D eigenvalue weighted by Gasteiger charge is -2.09. The zero-order valence-electron chi connectivity index (χ0n) is 13.3. The standard InChI is InChI=1S/C17H18N6O/c1-23-16(4-6-22-23)15-7-14(9-19-12-15)11-21-17(24)20-10-13-3-2-5-18-8-13/h2-9,12H,10-11H2,1H3,(H2,20,21,24). The van der Waals surface area contributed by atoms with Gasteiger partial charge in [0.1, 0.15) is 0 Å². The van der Waals surface area contributed by atoms with E-state index in [0.717, 1.165) is 22.4 Å². The number of aromatic nitrogens is 4. The van der Waals surface area contributed by atoms with Crippen molar-refractivity contribution in [3.8, 4) is 11.3 Å². The van der Waals surface area contributed by atoms with Crippen LogP contribution in [0.25, 0.3) is 11.3 Å². The Morgan fingerprint density at radius 1 is 1.04 bits per heavy atom. The van der Waals surface area contributed by atoms with Gasteiger partial charge in [0.25, 0.3) is 0 Å². The van der Waals surface area contributed by atoms with Gasteiger partial charge in [0.15, 0.2) is 0 Å². The summed E-state index contributed by atoms with van der Waals surface area (Å²) in [5.74, 6) is 0. The van der Waals surface area contributed by atoms with Crippen molar-refractivity contribution in [1.82, 2.24) is 30.4 Å². The summed E-state index contributed by atoms with van der Waals surface area (Å²) in [6.45, 7) is 0.838. The van der Waals surface area contributed by atoms with Crippen molar-refractivity contribution < 1.29 is 4.79 Å². The van der Waals surface area contributed by atoms with E-state index in [1.807, 2.05) is 31.3 Å². The van der Waals surface area contributed by atoms with Crippen LogP contribution in [0.1, 0.15) is 11.1 Å². The van der Waals surface area contributed by atoms with Crippen molar-refractivity contribution in [3.63, 3.8) is 0 Å². The Hall–Kier alpha value is -3.22. The third-order valence-corrected chi connectivity index (χ3v) is 3.54. The van der Waals surface area contributed by atoms with Crippen molar-refractivity contribution in [1.29, 1.82) is 0 Å². The van der Waals surface area contributed by atoms with Gasteiger partial charge in [-0.1, -0.05) is 6.07 Å². The van der Waals surface area contributed by atoms with Gasteiger partial charge in [0, 0.05) is 56.7 Å². The second-order valence-corrected chi connectivity index (χ2v) is 5.32. The summed E-state index contributed by atoms with van der Waals surface area (Å²) in [7, 11) is 1.88. The van der Waals surface area contributed by atoms with Gasteiger partial charge in [-0.15, -0.1) is 0 Å². The molecule has 3 heterocycles. The molecule has 0 fully saturated rings. The van der Waals surface area contributed by atoms with Gasteiger partial charge in [-0.05, 0) is 29.3 Å². The van der Waals surface area contributed by atoms with E-state index in [0.29, 0.717) is 13.1 Å². The fourth-order valence-corrected chi connectivity index (χ4v) is 2.31. The fourth-order valence-electron chi connectivity index (χ4n) is 2.31. The third-order valence-electron chi connectivity index (χ3n) is 3.54. The molecule has 24 heavy (non-hydrogen) atoms. The van der Waals surface area contributed by atoms with Gasteiger partial charge in [-0.3, -0.25) is 14.6 Å². The molecule has 0 saturated heterocycles. The molecule has 0 atom stereocenters.